The van der Waals surface area contributed by atoms with Gasteiger partial charge in [-0.3, -0.25) is 4.84 Å². The Bertz CT molecular complexity index is 270. The van der Waals surface area contributed by atoms with Crippen molar-refractivity contribution in [1.82, 2.24) is 5.48 Å². The van der Waals surface area contributed by atoms with Crippen LogP contribution in [-0.4, -0.2) is 19.3 Å². The summed E-state index contributed by atoms with van der Waals surface area (Å²) in [4.78, 5) is 5.43. The summed E-state index contributed by atoms with van der Waals surface area (Å²) in [6, 6.07) is 10.5. The zero-order valence-electron chi connectivity index (χ0n) is 8.82. The Morgan fingerprint density at radius 3 is 2.93 bits per heavy atom. The van der Waals surface area contributed by atoms with Gasteiger partial charge in [-0.1, -0.05) is 30.3 Å². The lowest BCUT2D eigenvalue weighted by molar-refractivity contribution is -0.0401. The second kappa shape index (κ2) is 5.85. The van der Waals surface area contributed by atoms with Gasteiger partial charge in [0.15, 0.2) is 0 Å². The van der Waals surface area contributed by atoms with Crippen LogP contribution in [0.1, 0.15) is 18.4 Å². The second-order valence-corrected chi connectivity index (χ2v) is 3.81. The Kier molecular flexibility index (Phi) is 4.14. The quantitative estimate of drug-likeness (QED) is 0.765. The van der Waals surface area contributed by atoms with Crippen LogP contribution in [0.4, 0.5) is 0 Å². The second-order valence-electron chi connectivity index (χ2n) is 3.81. The highest BCUT2D eigenvalue weighted by atomic mass is 16.6. The Labute approximate surface area is 90.3 Å². The van der Waals surface area contributed by atoms with Gasteiger partial charge in [0.2, 0.25) is 0 Å². The molecule has 0 bridgehead atoms. The Hall–Kier alpha value is -0.900. The molecular weight excluding hydrogens is 190 g/mol. The molecule has 1 atom stereocenters. The molecule has 1 heterocycles. The molecule has 1 saturated heterocycles. The molecule has 0 amide bonds. The molecule has 1 aliphatic heterocycles. The van der Waals surface area contributed by atoms with Gasteiger partial charge < -0.3 is 4.74 Å². The van der Waals surface area contributed by atoms with Crippen molar-refractivity contribution in [1.29, 1.82) is 0 Å². The van der Waals surface area contributed by atoms with Crippen molar-refractivity contribution in [3.05, 3.63) is 35.9 Å². The molecule has 0 saturated carbocycles. The number of rotatable bonds is 4. The standard InChI is InChI=1S/C12H17NO2/c1-2-5-11(6-3-1)9-15-13-12-7-4-8-14-10-12/h1-3,5-6,12-13H,4,7-10H2. The van der Waals surface area contributed by atoms with Crippen LogP contribution in [0.5, 0.6) is 0 Å². The van der Waals surface area contributed by atoms with E-state index in [0.29, 0.717) is 12.6 Å². The van der Waals surface area contributed by atoms with E-state index in [4.69, 9.17) is 9.57 Å². The molecule has 1 N–H and O–H groups in total. The third kappa shape index (κ3) is 3.63. The highest BCUT2D eigenvalue weighted by Crippen LogP contribution is 2.06. The predicted octanol–water partition coefficient (Wildman–Crippen LogP) is 1.89. The molecule has 15 heavy (non-hydrogen) atoms. The monoisotopic (exact) mass is 207 g/mol. The molecule has 2 rings (SSSR count). The topological polar surface area (TPSA) is 30.5 Å². The number of benzene rings is 1. The summed E-state index contributed by atoms with van der Waals surface area (Å²) in [7, 11) is 0. The van der Waals surface area contributed by atoms with E-state index in [0.717, 1.165) is 26.1 Å². The van der Waals surface area contributed by atoms with E-state index < -0.39 is 0 Å². The van der Waals surface area contributed by atoms with E-state index in [1.165, 1.54) is 5.56 Å². The van der Waals surface area contributed by atoms with E-state index in [1.54, 1.807) is 0 Å². The lowest BCUT2D eigenvalue weighted by Gasteiger charge is -2.22. The zero-order chi connectivity index (χ0) is 10.3. The number of nitrogens with one attached hydrogen (secondary N) is 1. The number of ether oxygens (including phenoxy) is 1. The largest absolute Gasteiger partial charge is 0.380 e. The number of hydrogen-bond donors (Lipinski definition) is 1. The highest BCUT2D eigenvalue weighted by molar-refractivity contribution is 5.13. The summed E-state index contributed by atoms with van der Waals surface area (Å²) < 4.78 is 5.34. The Balaban J connectivity index is 1.66. The molecule has 0 aromatic heterocycles. The van der Waals surface area contributed by atoms with Crippen molar-refractivity contribution in [2.24, 2.45) is 0 Å². The van der Waals surface area contributed by atoms with Gasteiger partial charge in [-0.25, -0.2) is 0 Å². The molecule has 82 valence electrons. The lowest BCUT2D eigenvalue weighted by Crippen LogP contribution is -2.36. The summed E-state index contributed by atoms with van der Waals surface area (Å²) in [5.74, 6) is 0. The maximum absolute atomic E-state index is 5.43. The van der Waals surface area contributed by atoms with Gasteiger partial charge in [-0.2, -0.15) is 5.48 Å². The fourth-order valence-electron chi connectivity index (χ4n) is 1.65. The van der Waals surface area contributed by atoms with Crippen LogP contribution in [0.3, 0.4) is 0 Å². The fourth-order valence-corrected chi connectivity index (χ4v) is 1.65. The average Bonchev–Trinajstić information content (AvgIpc) is 2.32. The molecule has 0 aliphatic carbocycles. The molecule has 3 nitrogen and oxygen atoms in total. The molecule has 1 aromatic rings. The van der Waals surface area contributed by atoms with Crippen LogP contribution >= 0.6 is 0 Å². The molecular formula is C12H17NO2. The maximum atomic E-state index is 5.43. The van der Waals surface area contributed by atoms with E-state index in [1.807, 2.05) is 18.2 Å². The van der Waals surface area contributed by atoms with Crippen molar-refractivity contribution in [3.8, 4) is 0 Å². The van der Waals surface area contributed by atoms with Gasteiger partial charge in [-0.15, -0.1) is 0 Å². The average molecular weight is 207 g/mol. The molecule has 0 spiro atoms. The van der Waals surface area contributed by atoms with Crippen LogP contribution in [0.15, 0.2) is 30.3 Å². The minimum atomic E-state index is 0.350. The van der Waals surface area contributed by atoms with Crippen LogP contribution in [0.25, 0.3) is 0 Å². The fraction of sp³-hybridized carbons (Fsp3) is 0.500. The van der Waals surface area contributed by atoms with Crippen molar-refractivity contribution in [2.45, 2.75) is 25.5 Å². The van der Waals surface area contributed by atoms with Gasteiger partial charge in [-0.05, 0) is 18.4 Å². The Morgan fingerprint density at radius 1 is 1.33 bits per heavy atom. The van der Waals surface area contributed by atoms with Crippen molar-refractivity contribution in [2.75, 3.05) is 13.2 Å². The highest BCUT2D eigenvalue weighted by Gasteiger charge is 2.12. The first-order valence-electron chi connectivity index (χ1n) is 5.44. The minimum Gasteiger partial charge on any atom is -0.380 e. The first kappa shape index (κ1) is 10.6. The molecule has 3 heteroatoms. The molecule has 1 aliphatic rings. The van der Waals surface area contributed by atoms with E-state index in [-0.39, 0.29) is 0 Å². The molecule has 1 unspecified atom stereocenters. The summed E-state index contributed by atoms with van der Waals surface area (Å²) >= 11 is 0. The van der Waals surface area contributed by atoms with Crippen molar-refractivity contribution in [3.63, 3.8) is 0 Å². The Morgan fingerprint density at radius 2 is 2.20 bits per heavy atom. The predicted molar refractivity (Wildman–Crippen MR) is 58.2 cm³/mol. The van der Waals surface area contributed by atoms with Gasteiger partial charge >= 0.3 is 0 Å². The van der Waals surface area contributed by atoms with Crippen LogP contribution < -0.4 is 5.48 Å². The first-order chi connectivity index (χ1) is 7.45. The zero-order valence-corrected chi connectivity index (χ0v) is 8.82. The number of hydrogen-bond acceptors (Lipinski definition) is 3. The molecule has 1 aromatic carbocycles. The third-order valence-electron chi connectivity index (χ3n) is 2.49. The van der Waals surface area contributed by atoms with Gasteiger partial charge in [0.05, 0.1) is 19.3 Å². The number of hydroxylamine groups is 1. The summed E-state index contributed by atoms with van der Waals surface area (Å²) in [5, 5.41) is 0. The van der Waals surface area contributed by atoms with Crippen LogP contribution in [0, 0.1) is 0 Å². The molecule has 0 radical (unpaired) electrons. The van der Waals surface area contributed by atoms with Gasteiger partial charge in [0.25, 0.3) is 0 Å². The third-order valence-corrected chi connectivity index (χ3v) is 2.49. The molecule has 1 fully saturated rings. The maximum Gasteiger partial charge on any atom is 0.0933 e. The smallest absolute Gasteiger partial charge is 0.0933 e. The van der Waals surface area contributed by atoms with E-state index in [2.05, 4.69) is 17.6 Å². The van der Waals surface area contributed by atoms with Crippen LogP contribution in [-0.2, 0) is 16.2 Å². The first-order valence-corrected chi connectivity index (χ1v) is 5.44. The van der Waals surface area contributed by atoms with Crippen molar-refractivity contribution >= 4 is 0 Å². The summed E-state index contributed by atoms with van der Waals surface area (Å²) in [6.07, 6.45) is 2.25. The summed E-state index contributed by atoms with van der Waals surface area (Å²) in [6.45, 7) is 2.25. The minimum absolute atomic E-state index is 0.350. The van der Waals surface area contributed by atoms with Crippen LogP contribution in [0.2, 0.25) is 0 Å². The van der Waals surface area contributed by atoms with E-state index >= 15 is 0 Å². The summed E-state index contributed by atoms with van der Waals surface area (Å²) in [5.41, 5.74) is 4.23. The normalized spacial score (nSPS) is 21.5. The van der Waals surface area contributed by atoms with Gasteiger partial charge in [0, 0.05) is 6.61 Å². The lowest BCUT2D eigenvalue weighted by atomic mass is 10.1. The van der Waals surface area contributed by atoms with Gasteiger partial charge in [0.1, 0.15) is 0 Å². The SMILES string of the molecule is c1ccc(CONC2CCCOC2)cc1. The van der Waals surface area contributed by atoms with Crippen molar-refractivity contribution < 1.29 is 9.57 Å². The van der Waals surface area contributed by atoms with E-state index in [9.17, 15) is 0 Å².